The monoisotopic (exact) mass is 438 g/mol. The second-order valence-electron chi connectivity index (χ2n) is 6.36. The van der Waals surface area contributed by atoms with E-state index in [4.69, 9.17) is 23.2 Å². The van der Waals surface area contributed by atoms with E-state index >= 15 is 0 Å². The number of halogens is 2. The lowest BCUT2D eigenvalue weighted by molar-refractivity contribution is -0.138. The van der Waals surface area contributed by atoms with Crippen molar-refractivity contribution >= 4 is 46.8 Å². The lowest BCUT2D eigenvalue weighted by atomic mass is 10.1. The maximum atomic E-state index is 13.0. The van der Waals surface area contributed by atoms with Crippen molar-refractivity contribution in [3.8, 4) is 0 Å². The Morgan fingerprint density at radius 1 is 1.11 bits per heavy atom. The molecule has 0 bridgehead atoms. The summed E-state index contributed by atoms with van der Waals surface area (Å²) in [5.41, 5.74) is 0.882. The van der Waals surface area contributed by atoms with Crippen molar-refractivity contribution < 1.29 is 9.59 Å². The lowest BCUT2D eigenvalue weighted by Gasteiger charge is -2.28. The standard InChI is InChI=1S/C21H24Cl2N2O2S/c1-3-11-24-21(27)15(2)25(13-16-5-4-6-18(23)12-16)20(26)14-28-19-9-7-17(22)8-10-19/h4-10,12,15H,3,11,13-14H2,1-2H3,(H,24,27)/t15-/m1/s1. The van der Waals surface area contributed by atoms with Gasteiger partial charge < -0.3 is 10.2 Å². The first kappa shape index (κ1) is 22.6. The van der Waals surface area contributed by atoms with Crippen LogP contribution in [0.15, 0.2) is 53.4 Å². The molecule has 2 aromatic carbocycles. The summed E-state index contributed by atoms with van der Waals surface area (Å²) in [6, 6.07) is 14.1. The SMILES string of the molecule is CCCNC(=O)[C@@H](C)N(Cc1cccc(Cl)c1)C(=O)CSc1ccc(Cl)cc1. The molecule has 2 aromatic rings. The molecule has 0 radical (unpaired) electrons. The van der Waals surface area contributed by atoms with E-state index in [2.05, 4.69) is 5.32 Å². The number of carbonyl (C=O) groups excluding carboxylic acids is 2. The van der Waals surface area contributed by atoms with Crippen LogP contribution < -0.4 is 5.32 Å². The highest BCUT2D eigenvalue weighted by atomic mass is 35.5. The van der Waals surface area contributed by atoms with Crippen molar-refractivity contribution in [3.05, 3.63) is 64.1 Å². The molecule has 2 amide bonds. The van der Waals surface area contributed by atoms with Gasteiger partial charge in [-0.2, -0.15) is 0 Å². The second-order valence-corrected chi connectivity index (χ2v) is 8.28. The van der Waals surface area contributed by atoms with Gasteiger partial charge in [0.25, 0.3) is 0 Å². The van der Waals surface area contributed by atoms with Crippen molar-refractivity contribution in [2.75, 3.05) is 12.3 Å². The van der Waals surface area contributed by atoms with E-state index in [1.165, 1.54) is 11.8 Å². The van der Waals surface area contributed by atoms with Gasteiger partial charge in [-0.05, 0) is 55.3 Å². The van der Waals surface area contributed by atoms with Crippen LogP contribution >= 0.6 is 35.0 Å². The maximum Gasteiger partial charge on any atom is 0.242 e. The fraction of sp³-hybridized carbons (Fsp3) is 0.333. The van der Waals surface area contributed by atoms with Gasteiger partial charge in [0.1, 0.15) is 6.04 Å². The molecule has 0 aliphatic rings. The molecule has 0 saturated heterocycles. The summed E-state index contributed by atoms with van der Waals surface area (Å²) in [6.07, 6.45) is 0.840. The van der Waals surface area contributed by atoms with Gasteiger partial charge in [-0.15, -0.1) is 11.8 Å². The number of thioether (sulfide) groups is 1. The Kier molecular flexibility index (Phi) is 9.16. The van der Waals surface area contributed by atoms with Gasteiger partial charge in [-0.1, -0.05) is 42.3 Å². The summed E-state index contributed by atoms with van der Waals surface area (Å²) in [5, 5.41) is 4.12. The molecule has 0 spiro atoms. The summed E-state index contributed by atoms with van der Waals surface area (Å²) in [6.45, 7) is 4.65. The molecular weight excluding hydrogens is 415 g/mol. The zero-order valence-corrected chi connectivity index (χ0v) is 18.3. The number of rotatable bonds is 9. The van der Waals surface area contributed by atoms with Gasteiger partial charge in [0.05, 0.1) is 5.75 Å². The summed E-state index contributed by atoms with van der Waals surface area (Å²) in [5.74, 6) is -0.0408. The Morgan fingerprint density at radius 3 is 2.46 bits per heavy atom. The van der Waals surface area contributed by atoms with Crippen LogP contribution in [-0.2, 0) is 16.1 Å². The Labute approximate surface area is 180 Å². The molecule has 0 heterocycles. The van der Waals surface area contributed by atoms with Crippen LogP contribution in [0.2, 0.25) is 10.0 Å². The number of amides is 2. The third-order valence-corrected chi connectivity index (χ3v) is 5.62. The van der Waals surface area contributed by atoms with Crippen LogP contribution in [0.25, 0.3) is 0 Å². The van der Waals surface area contributed by atoms with E-state index in [0.29, 0.717) is 23.1 Å². The molecule has 0 aromatic heterocycles. The van der Waals surface area contributed by atoms with E-state index in [1.807, 2.05) is 37.3 Å². The zero-order chi connectivity index (χ0) is 20.5. The van der Waals surface area contributed by atoms with E-state index in [1.54, 1.807) is 30.0 Å². The molecule has 0 fully saturated rings. The molecule has 0 aliphatic carbocycles. The largest absolute Gasteiger partial charge is 0.354 e. The summed E-state index contributed by atoms with van der Waals surface area (Å²) >= 11 is 13.4. The van der Waals surface area contributed by atoms with Gasteiger partial charge in [0, 0.05) is 28.0 Å². The molecule has 0 saturated carbocycles. The Hall–Kier alpha value is -1.69. The van der Waals surface area contributed by atoms with Crippen LogP contribution in [0, 0.1) is 0 Å². The zero-order valence-electron chi connectivity index (χ0n) is 16.0. The average Bonchev–Trinajstić information content (AvgIpc) is 2.69. The summed E-state index contributed by atoms with van der Waals surface area (Å²) < 4.78 is 0. The van der Waals surface area contributed by atoms with E-state index < -0.39 is 6.04 Å². The minimum Gasteiger partial charge on any atom is -0.354 e. The number of nitrogens with zero attached hydrogens (tertiary/aromatic N) is 1. The molecule has 1 atom stereocenters. The number of hydrogen-bond acceptors (Lipinski definition) is 3. The molecular formula is C21H24Cl2N2O2S. The van der Waals surface area contributed by atoms with Gasteiger partial charge in [-0.3, -0.25) is 9.59 Å². The van der Waals surface area contributed by atoms with Crippen molar-refractivity contribution in [1.82, 2.24) is 10.2 Å². The topological polar surface area (TPSA) is 49.4 Å². The maximum absolute atomic E-state index is 13.0. The van der Waals surface area contributed by atoms with Crippen LogP contribution in [0.1, 0.15) is 25.8 Å². The first-order chi connectivity index (χ1) is 13.4. The van der Waals surface area contributed by atoms with Crippen molar-refractivity contribution in [2.45, 2.75) is 37.8 Å². The van der Waals surface area contributed by atoms with Crippen LogP contribution in [-0.4, -0.2) is 35.1 Å². The minimum atomic E-state index is -0.580. The molecule has 1 N–H and O–H groups in total. The van der Waals surface area contributed by atoms with Crippen LogP contribution in [0.5, 0.6) is 0 Å². The van der Waals surface area contributed by atoms with E-state index in [0.717, 1.165) is 16.9 Å². The second kappa shape index (κ2) is 11.3. The van der Waals surface area contributed by atoms with Gasteiger partial charge >= 0.3 is 0 Å². The number of carbonyl (C=O) groups is 2. The molecule has 0 aliphatic heterocycles. The highest BCUT2D eigenvalue weighted by molar-refractivity contribution is 8.00. The number of nitrogens with one attached hydrogen (secondary N) is 1. The lowest BCUT2D eigenvalue weighted by Crippen LogP contribution is -2.48. The molecule has 2 rings (SSSR count). The van der Waals surface area contributed by atoms with Gasteiger partial charge in [0.2, 0.25) is 11.8 Å². The molecule has 7 heteroatoms. The third-order valence-electron chi connectivity index (χ3n) is 4.13. The normalized spacial score (nSPS) is 11.7. The fourth-order valence-electron chi connectivity index (χ4n) is 2.57. The number of benzene rings is 2. The van der Waals surface area contributed by atoms with Crippen LogP contribution in [0.4, 0.5) is 0 Å². The van der Waals surface area contributed by atoms with Crippen molar-refractivity contribution in [2.24, 2.45) is 0 Å². The van der Waals surface area contributed by atoms with E-state index in [9.17, 15) is 9.59 Å². The molecule has 0 unspecified atom stereocenters. The Balaban J connectivity index is 2.12. The first-order valence-electron chi connectivity index (χ1n) is 9.10. The molecule has 150 valence electrons. The Bertz CT molecular complexity index is 799. The van der Waals surface area contributed by atoms with Crippen molar-refractivity contribution in [1.29, 1.82) is 0 Å². The minimum absolute atomic E-state index is 0.112. The smallest absolute Gasteiger partial charge is 0.242 e. The highest BCUT2D eigenvalue weighted by Crippen LogP contribution is 2.22. The van der Waals surface area contributed by atoms with E-state index in [-0.39, 0.29) is 17.6 Å². The number of hydrogen-bond donors (Lipinski definition) is 1. The Morgan fingerprint density at radius 2 is 1.82 bits per heavy atom. The summed E-state index contributed by atoms with van der Waals surface area (Å²) in [4.78, 5) is 28.0. The van der Waals surface area contributed by atoms with Gasteiger partial charge in [0.15, 0.2) is 0 Å². The average molecular weight is 439 g/mol. The quantitative estimate of drug-likeness (QED) is 0.558. The third kappa shape index (κ3) is 7.04. The fourth-order valence-corrected chi connectivity index (χ4v) is 3.69. The molecule has 4 nitrogen and oxygen atoms in total. The highest BCUT2D eigenvalue weighted by Gasteiger charge is 2.26. The molecule has 28 heavy (non-hydrogen) atoms. The van der Waals surface area contributed by atoms with Crippen LogP contribution in [0.3, 0.4) is 0 Å². The van der Waals surface area contributed by atoms with Gasteiger partial charge in [-0.25, -0.2) is 0 Å². The first-order valence-corrected chi connectivity index (χ1v) is 10.8. The summed E-state index contributed by atoms with van der Waals surface area (Å²) in [7, 11) is 0. The predicted molar refractivity (Wildman–Crippen MR) is 117 cm³/mol. The van der Waals surface area contributed by atoms with Crippen molar-refractivity contribution in [3.63, 3.8) is 0 Å². The predicted octanol–water partition coefficient (Wildman–Crippen LogP) is 5.03.